The number of alkyl carbamates (subject to hydrolysis) is 1. The van der Waals surface area contributed by atoms with Gasteiger partial charge in [-0.15, -0.1) is 11.3 Å². The van der Waals surface area contributed by atoms with E-state index in [1.165, 1.54) is 5.00 Å². The number of piperidine rings is 1. The summed E-state index contributed by atoms with van der Waals surface area (Å²) in [6.07, 6.45) is 2.67. The number of anilines is 1. The van der Waals surface area contributed by atoms with E-state index in [9.17, 15) is 4.79 Å². The first-order valence-corrected chi connectivity index (χ1v) is 11.1. The van der Waals surface area contributed by atoms with Gasteiger partial charge in [0.05, 0.1) is 11.6 Å². The van der Waals surface area contributed by atoms with Crippen LogP contribution in [0.15, 0.2) is 22.5 Å². The molecule has 1 aliphatic rings. The van der Waals surface area contributed by atoms with Crippen LogP contribution >= 0.6 is 11.3 Å². The Morgan fingerprint density at radius 3 is 2.71 bits per heavy atom. The number of rotatable bonds is 8. The van der Waals surface area contributed by atoms with Gasteiger partial charge in [0.15, 0.2) is 5.96 Å². The maximum absolute atomic E-state index is 11.8. The zero-order valence-electron chi connectivity index (χ0n) is 17.5. The van der Waals surface area contributed by atoms with Crippen LogP contribution in [0.2, 0.25) is 0 Å². The van der Waals surface area contributed by atoms with Crippen LogP contribution < -0.4 is 20.9 Å². The average Bonchev–Trinajstić information content (AvgIpc) is 3.20. The summed E-state index contributed by atoms with van der Waals surface area (Å²) in [7, 11) is 1.78. The van der Waals surface area contributed by atoms with Gasteiger partial charge < -0.3 is 25.6 Å². The number of carbonyl (C=O) groups is 1. The number of carbonyl (C=O) groups excluding carboxylic acids is 1. The van der Waals surface area contributed by atoms with Gasteiger partial charge in [0, 0.05) is 38.8 Å². The number of thiophene rings is 1. The molecule has 0 bridgehead atoms. The summed E-state index contributed by atoms with van der Waals surface area (Å²) < 4.78 is 5.02. The van der Waals surface area contributed by atoms with Crippen molar-refractivity contribution >= 4 is 28.4 Å². The largest absolute Gasteiger partial charge is 0.450 e. The second-order valence-electron chi connectivity index (χ2n) is 7.50. The molecule has 0 spiro atoms. The lowest BCUT2D eigenvalue weighted by molar-refractivity contribution is 0.146. The summed E-state index contributed by atoms with van der Waals surface area (Å²) >= 11 is 1.80. The maximum atomic E-state index is 11.8. The molecule has 0 aliphatic carbocycles. The summed E-state index contributed by atoms with van der Waals surface area (Å²) in [5.41, 5.74) is 0. The van der Waals surface area contributed by atoms with E-state index in [1.54, 1.807) is 18.4 Å². The van der Waals surface area contributed by atoms with Crippen molar-refractivity contribution in [1.82, 2.24) is 16.0 Å². The first-order chi connectivity index (χ1) is 13.5. The highest BCUT2D eigenvalue weighted by Gasteiger charge is 2.21. The molecule has 1 aliphatic heterocycles. The Balaban J connectivity index is 1.78. The third kappa shape index (κ3) is 7.58. The highest BCUT2D eigenvalue weighted by Crippen LogP contribution is 2.24. The van der Waals surface area contributed by atoms with Crippen LogP contribution in [0, 0.1) is 5.92 Å². The molecule has 1 fully saturated rings. The number of amides is 1. The van der Waals surface area contributed by atoms with Gasteiger partial charge in [0.2, 0.25) is 0 Å². The molecule has 1 amide bonds. The van der Waals surface area contributed by atoms with Crippen LogP contribution in [0.1, 0.15) is 40.0 Å². The van der Waals surface area contributed by atoms with E-state index in [2.05, 4.69) is 57.2 Å². The zero-order chi connectivity index (χ0) is 20.4. The van der Waals surface area contributed by atoms with E-state index < -0.39 is 0 Å². The quantitative estimate of drug-likeness (QED) is 0.454. The van der Waals surface area contributed by atoms with Crippen molar-refractivity contribution in [3.05, 3.63) is 17.5 Å². The van der Waals surface area contributed by atoms with Crippen LogP contribution in [0.3, 0.4) is 0 Å². The van der Waals surface area contributed by atoms with Crippen molar-refractivity contribution in [2.75, 3.05) is 38.2 Å². The van der Waals surface area contributed by atoms with Gasteiger partial charge in [-0.05, 0) is 49.6 Å². The molecular weight excluding hydrogens is 374 g/mol. The minimum Gasteiger partial charge on any atom is -0.450 e. The average molecular weight is 410 g/mol. The molecule has 158 valence electrons. The van der Waals surface area contributed by atoms with Crippen LogP contribution in [-0.2, 0) is 4.74 Å². The molecule has 1 aromatic rings. The molecule has 3 N–H and O–H groups in total. The van der Waals surface area contributed by atoms with Crippen molar-refractivity contribution in [2.24, 2.45) is 10.9 Å². The van der Waals surface area contributed by atoms with Crippen molar-refractivity contribution in [3.8, 4) is 0 Å². The van der Waals surface area contributed by atoms with Gasteiger partial charge in [-0.25, -0.2) is 4.79 Å². The SMILES string of the molecule is CCOC(=O)NC(CNC(=NC)NC1CCN(c2cccs2)CC1)CC(C)C. The third-order valence-electron chi connectivity index (χ3n) is 4.75. The Hall–Kier alpha value is -1.96. The first-order valence-electron chi connectivity index (χ1n) is 10.2. The van der Waals surface area contributed by atoms with Crippen molar-refractivity contribution < 1.29 is 9.53 Å². The lowest BCUT2D eigenvalue weighted by atomic mass is 10.0. The molecular formula is C20H35N5O2S. The number of nitrogens with zero attached hydrogens (tertiary/aromatic N) is 2. The van der Waals surface area contributed by atoms with Crippen LogP contribution in [-0.4, -0.2) is 57.4 Å². The van der Waals surface area contributed by atoms with E-state index in [4.69, 9.17) is 4.74 Å². The van der Waals surface area contributed by atoms with Gasteiger partial charge in [0.1, 0.15) is 0 Å². The molecule has 0 aromatic carbocycles. The summed E-state index contributed by atoms with van der Waals surface area (Å²) in [5, 5.41) is 13.3. The summed E-state index contributed by atoms with van der Waals surface area (Å²) in [6.45, 7) is 9.20. The van der Waals surface area contributed by atoms with Crippen LogP contribution in [0.4, 0.5) is 9.80 Å². The van der Waals surface area contributed by atoms with Gasteiger partial charge in [-0.1, -0.05) is 13.8 Å². The van der Waals surface area contributed by atoms with Crippen LogP contribution in [0.5, 0.6) is 0 Å². The summed E-state index contributed by atoms with van der Waals surface area (Å²) in [6, 6.07) is 4.69. The van der Waals surface area contributed by atoms with Crippen LogP contribution in [0.25, 0.3) is 0 Å². The lowest BCUT2D eigenvalue weighted by Gasteiger charge is -2.33. The molecule has 7 nitrogen and oxygen atoms in total. The Kier molecular flexibility index (Phi) is 9.40. The molecule has 28 heavy (non-hydrogen) atoms. The molecule has 0 saturated carbocycles. The number of nitrogens with one attached hydrogen (secondary N) is 3. The van der Waals surface area contributed by atoms with Gasteiger partial charge in [-0.3, -0.25) is 4.99 Å². The first kappa shape index (κ1) is 22.3. The Morgan fingerprint density at radius 2 is 2.14 bits per heavy atom. The number of hydrogen-bond donors (Lipinski definition) is 3. The number of aliphatic imine (C=N–C) groups is 1. The molecule has 2 rings (SSSR count). The Labute approximate surface area is 172 Å². The number of guanidine groups is 1. The van der Waals surface area contributed by atoms with E-state index in [-0.39, 0.29) is 12.1 Å². The number of hydrogen-bond acceptors (Lipinski definition) is 5. The van der Waals surface area contributed by atoms with Crippen molar-refractivity contribution in [2.45, 2.75) is 52.1 Å². The molecule has 8 heteroatoms. The fourth-order valence-electron chi connectivity index (χ4n) is 3.40. The number of ether oxygens (including phenoxy) is 1. The molecule has 2 heterocycles. The maximum Gasteiger partial charge on any atom is 0.407 e. The third-order valence-corrected chi connectivity index (χ3v) is 5.68. The summed E-state index contributed by atoms with van der Waals surface area (Å²) in [4.78, 5) is 18.6. The van der Waals surface area contributed by atoms with Gasteiger partial charge in [0.25, 0.3) is 0 Å². The lowest BCUT2D eigenvalue weighted by Crippen LogP contribution is -2.52. The van der Waals surface area contributed by atoms with E-state index in [1.807, 2.05) is 6.92 Å². The fourth-order valence-corrected chi connectivity index (χ4v) is 4.19. The molecule has 1 saturated heterocycles. The normalized spacial score (nSPS) is 16.8. The minimum atomic E-state index is -0.362. The molecule has 1 atom stereocenters. The zero-order valence-corrected chi connectivity index (χ0v) is 18.3. The summed E-state index contributed by atoms with van der Waals surface area (Å²) in [5.74, 6) is 1.26. The van der Waals surface area contributed by atoms with E-state index >= 15 is 0 Å². The van der Waals surface area contributed by atoms with Gasteiger partial charge >= 0.3 is 6.09 Å². The Bertz CT molecular complexity index is 598. The second kappa shape index (κ2) is 11.8. The smallest absolute Gasteiger partial charge is 0.407 e. The second-order valence-corrected chi connectivity index (χ2v) is 8.43. The van der Waals surface area contributed by atoms with Crippen molar-refractivity contribution in [1.29, 1.82) is 0 Å². The highest BCUT2D eigenvalue weighted by molar-refractivity contribution is 7.14. The molecule has 1 aromatic heterocycles. The molecule has 1 unspecified atom stereocenters. The topological polar surface area (TPSA) is 78.0 Å². The minimum absolute atomic E-state index is 0.00160. The predicted molar refractivity (Wildman–Crippen MR) is 117 cm³/mol. The fraction of sp³-hybridized carbons (Fsp3) is 0.700. The predicted octanol–water partition coefficient (Wildman–Crippen LogP) is 3.04. The van der Waals surface area contributed by atoms with E-state index in [0.29, 0.717) is 25.1 Å². The molecule has 0 radical (unpaired) electrons. The highest BCUT2D eigenvalue weighted by atomic mass is 32.1. The monoisotopic (exact) mass is 409 g/mol. The van der Waals surface area contributed by atoms with Crippen molar-refractivity contribution in [3.63, 3.8) is 0 Å². The standard InChI is InChI=1S/C20H35N5O2S/c1-5-27-20(26)24-17(13-15(2)3)14-22-19(21-4)23-16-8-10-25(11-9-16)18-7-6-12-28-18/h6-7,12,15-17H,5,8-11,13-14H2,1-4H3,(H,24,26)(H2,21,22,23). The Morgan fingerprint density at radius 1 is 1.39 bits per heavy atom. The van der Waals surface area contributed by atoms with Gasteiger partial charge in [-0.2, -0.15) is 0 Å². The van der Waals surface area contributed by atoms with E-state index in [0.717, 1.165) is 38.3 Å².